The molecule has 0 spiro atoms. The Morgan fingerprint density at radius 2 is 2.00 bits per heavy atom. The Morgan fingerprint density at radius 1 is 1.15 bits per heavy atom. The Hall–Kier alpha value is -3.03. The van der Waals surface area contributed by atoms with Crippen LogP contribution in [0.4, 0.5) is 13.2 Å². The molecule has 8 heteroatoms. The van der Waals surface area contributed by atoms with E-state index in [9.17, 15) is 18.0 Å². The SMILES string of the molecule is O=C1NCCc2[nH]c(-c3cccc4ccc(OCC(F)(F)F)nc34)cc21. The first kappa shape index (κ1) is 16.4. The quantitative estimate of drug-likeness (QED) is 0.751. The van der Waals surface area contributed by atoms with Gasteiger partial charge in [0.15, 0.2) is 6.61 Å². The van der Waals surface area contributed by atoms with Crippen molar-refractivity contribution in [3.63, 3.8) is 0 Å². The van der Waals surface area contributed by atoms with Gasteiger partial charge in [0.1, 0.15) is 0 Å². The summed E-state index contributed by atoms with van der Waals surface area (Å²) >= 11 is 0. The first-order valence-electron chi connectivity index (χ1n) is 8.00. The van der Waals surface area contributed by atoms with Crippen LogP contribution in [0.5, 0.6) is 5.88 Å². The van der Waals surface area contributed by atoms with Crippen molar-refractivity contribution in [2.45, 2.75) is 12.6 Å². The van der Waals surface area contributed by atoms with Gasteiger partial charge in [-0.15, -0.1) is 0 Å². The van der Waals surface area contributed by atoms with Crippen LogP contribution in [0.3, 0.4) is 0 Å². The van der Waals surface area contributed by atoms with Gasteiger partial charge in [-0.1, -0.05) is 18.2 Å². The lowest BCUT2D eigenvalue weighted by atomic mass is 10.1. The molecule has 0 saturated heterocycles. The van der Waals surface area contributed by atoms with Crippen LogP contribution in [0.2, 0.25) is 0 Å². The Labute approximate surface area is 146 Å². The molecule has 0 radical (unpaired) electrons. The minimum absolute atomic E-state index is 0.101. The fraction of sp³-hybridized carbons (Fsp3) is 0.222. The summed E-state index contributed by atoms with van der Waals surface area (Å²) in [6.45, 7) is -0.834. The number of hydrogen-bond donors (Lipinski definition) is 2. The van der Waals surface area contributed by atoms with Crippen LogP contribution >= 0.6 is 0 Å². The summed E-state index contributed by atoms with van der Waals surface area (Å²) in [5.74, 6) is -0.243. The third-order valence-electron chi connectivity index (χ3n) is 4.17. The number of benzene rings is 1. The summed E-state index contributed by atoms with van der Waals surface area (Å²) in [6.07, 6.45) is -3.73. The van der Waals surface area contributed by atoms with Crippen LogP contribution in [0.1, 0.15) is 16.1 Å². The zero-order valence-electron chi connectivity index (χ0n) is 13.5. The number of nitrogens with zero attached hydrogens (tertiary/aromatic N) is 1. The second-order valence-corrected chi connectivity index (χ2v) is 6.01. The number of carbonyl (C=O) groups excluding carboxylic acids is 1. The van der Waals surface area contributed by atoms with Crippen molar-refractivity contribution in [3.05, 3.63) is 47.7 Å². The van der Waals surface area contributed by atoms with Gasteiger partial charge >= 0.3 is 6.18 Å². The fourth-order valence-corrected chi connectivity index (χ4v) is 3.02. The highest BCUT2D eigenvalue weighted by Crippen LogP contribution is 2.31. The minimum Gasteiger partial charge on any atom is -0.468 e. The first-order valence-corrected chi connectivity index (χ1v) is 8.00. The number of H-pyrrole nitrogens is 1. The van der Waals surface area contributed by atoms with Crippen molar-refractivity contribution >= 4 is 16.8 Å². The zero-order chi connectivity index (χ0) is 18.3. The monoisotopic (exact) mass is 361 g/mol. The summed E-state index contributed by atoms with van der Waals surface area (Å²) in [7, 11) is 0. The van der Waals surface area contributed by atoms with Gasteiger partial charge in [-0.05, 0) is 12.1 Å². The molecule has 0 unspecified atom stereocenters. The van der Waals surface area contributed by atoms with Gasteiger partial charge in [-0.25, -0.2) is 4.98 Å². The number of hydrogen-bond acceptors (Lipinski definition) is 3. The molecule has 0 atom stereocenters. The molecule has 5 nitrogen and oxygen atoms in total. The van der Waals surface area contributed by atoms with Crippen molar-refractivity contribution in [1.29, 1.82) is 0 Å². The Bertz CT molecular complexity index is 995. The number of alkyl halides is 3. The number of ether oxygens (including phenoxy) is 1. The van der Waals surface area contributed by atoms with Crippen LogP contribution in [0.15, 0.2) is 36.4 Å². The molecule has 1 amide bonds. The molecule has 0 saturated carbocycles. The second kappa shape index (κ2) is 6.05. The van der Waals surface area contributed by atoms with E-state index < -0.39 is 12.8 Å². The number of aromatic amines is 1. The molecule has 134 valence electrons. The molecule has 0 fully saturated rings. The van der Waals surface area contributed by atoms with E-state index in [0.29, 0.717) is 35.3 Å². The zero-order valence-corrected chi connectivity index (χ0v) is 13.5. The number of amides is 1. The lowest BCUT2D eigenvalue weighted by molar-refractivity contribution is -0.154. The topological polar surface area (TPSA) is 67.0 Å². The molecule has 4 rings (SSSR count). The molecule has 0 bridgehead atoms. The standard InChI is InChI=1S/C18H14F3N3O2/c19-18(20,21)9-26-15-5-4-10-2-1-3-11(16(10)24-15)14-8-12-13(23-14)6-7-22-17(12)25/h1-5,8,23H,6-7,9H2,(H,22,25). The van der Waals surface area contributed by atoms with E-state index in [1.54, 1.807) is 18.2 Å². The van der Waals surface area contributed by atoms with E-state index in [2.05, 4.69) is 15.3 Å². The average Bonchev–Trinajstić information content (AvgIpc) is 3.04. The highest BCUT2D eigenvalue weighted by atomic mass is 19.4. The van der Waals surface area contributed by atoms with Gasteiger partial charge in [0.25, 0.3) is 5.91 Å². The van der Waals surface area contributed by atoms with Gasteiger partial charge in [-0.2, -0.15) is 13.2 Å². The molecule has 2 N–H and O–H groups in total. The first-order chi connectivity index (χ1) is 12.4. The van der Waals surface area contributed by atoms with E-state index in [-0.39, 0.29) is 11.8 Å². The molecule has 2 aromatic heterocycles. The maximum atomic E-state index is 12.4. The van der Waals surface area contributed by atoms with Crippen LogP contribution in [0, 0.1) is 0 Å². The summed E-state index contributed by atoms with van der Waals surface area (Å²) < 4.78 is 41.9. The second-order valence-electron chi connectivity index (χ2n) is 6.01. The number of para-hydroxylation sites is 1. The summed E-state index contributed by atoms with van der Waals surface area (Å²) in [4.78, 5) is 19.4. The highest BCUT2D eigenvalue weighted by Gasteiger charge is 2.28. The molecule has 3 heterocycles. The molecule has 3 aromatic rings. The van der Waals surface area contributed by atoms with Crippen LogP contribution in [0.25, 0.3) is 22.2 Å². The van der Waals surface area contributed by atoms with Crippen molar-refractivity contribution in [1.82, 2.24) is 15.3 Å². The lowest BCUT2D eigenvalue weighted by Gasteiger charge is -2.11. The van der Waals surface area contributed by atoms with Crippen molar-refractivity contribution < 1.29 is 22.7 Å². The van der Waals surface area contributed by atoms with Crippen molar-refractivity contribution in [2.24, 2.45) is 0 Å². The normalized spacial score (nSPS) is 14.2. The summed E-state index contributed by atoms with van der Waals surface area (Å²) in [5, 5.41) is 3.54. The smallest absolute Gasteiger partial charge is 0.422 e. The van der Waals surface area contributed by atoms with E-state index in [4.69, 9.17) is 4.74 Å². The van der Waals surface area contributed by atoms with E-state index in [1.165, 1.54) is 6.07 Å². The van der Waals surface area contributed by atoms with Crippen molar-refractivity contribution in [3.8, 4) is 17.1 Å². The molecular formula is C18H14F3N3O2. The van der Waals surface area contributed by atoms with Gasteiger partial charge < -0.3 is 15.0 Å². The molecule has 0 aliphatic carbocycles. The molecule has 1 aromatic carbocycles. The highest BCUT2D eigenvalue weighted by molar-refractivity contribution is 6.00. The van der Waals surface area contributed by atoms with Crippen molar-refractivity contribution in [2.75, 3.05) is 13.2 Å². The van der Waals surface area contributed by atoms with Gasteiger partial charge in [-0.3, -0.25) is 4.79 Å². The van der Waals surface area contributed by atoms with Gasteiger partial charge in [0.2, 0.25) is 5.88 Å². The minimum atomic E-state index is -4.43. The van der Waals surface area contributed by atoms with E-state index >= 15 is 0 Å². The Balaban J connectivity index is 1.76. The van der Waals surface area contributed by atoms with Gasteiger partial charge in [0, 0.05) is 41.4 Å². The number of nitrogens with one attached hydrogen (secondary N) is 2. The largest absolute Gasteiger partial charge is 0.468 e. The van der Waals surface area contributed by atoms with Gasteiger partial charge in [0.05, 0.1) is 11.1 Å². The average molecular weight is 361 g/mol. The number of fused-ring (bicyclic) bond motifs is 2. The number of pyridine rings is 1. The third-order valence-corrected chi connectivity index (χ3v) is 4.17. The summed E-state index contributed by atoms with van der Waals surface area (Å²) in [6, 6.07) is 10.3. The maximum absolute atomic E-state index is 12.4. The number of carbonyl (C=O) groups is 1. The Morgan fingerprint density at radius 3 is 2.77 bits per heavy atom. The predicted molar refractivity (Wildman–Crippen MR) is 89.1 cm³/mol. The molecule has 1 aliphatic rings. The predicted octanol–water partition coefficient (Wildman–Crippen LogP) is 3.46. The Kier molecular flexibility index (Phi) is 3.82. The third kappa shape index (κ3) is 3.10. The number of rotatable bonds is 3. The van der Waals surface area contributed by atoms with Crippen LogP contribution in [-0.4, -0.2) is 35.2 Å². The molecular weight excluding hydrogens is 347 g/mol. The molecule has 26 heavy (non-hydrogen) atoms. The van der Waals surface area contributed by atoms with E-state index in [0.717, 1.165) is 11.1 Å². The van der Waals surface area contributed by atoms with E-state index in [1.807, 2.05) is 12.1 Å². The fourth-order valence-electron chi connectivity index (χ4n) is 3.02. The lowest BCUT2D eigenvalue weighted by Crippen LogP contribution is -2.31. The van der Waals surface area contributed by atoms with Crippen LogP contribution in [-0.2, 0) is 6.42 Å². The maximum Gasteiger partial charge on any atom is 0.422 e. The number of aromatic nitrogens is 2. The van der Waals surface area contributed by atoms with Crippen LogP contribution < -0.4 is 10.1 Å². The number of halogens is 3. The molecule has 1 aliphatic heterocycles. The summed E-state index contributed by atoms with van der Waals surface area (Å²) in [5.41, 5.74) is 3.31.